The second-order valence-electron chi connectivity index (χ2n) is 5.53. The van der Waals surface area contributed by atoms with Crippen molar-refractivity contribution < 1.29 is 23.1 Å². The summed E-state index contributed by atoms with van der Waals surface area (Å²) in [5, 5.41) is 14.9. The fraction of sp³-hybridized carbons (Fsp3) is 0.176. The maximum Gasteiger partial charge on any atom is 0.431 e. The van der Waals surface area contributed by atoms with Crippen molar-refractivity contribution in [2.24, 2.45) is 5.10 Å². The Bertz CT molecular complexity index is 839. The van der Waals surface area contributed by atoms with Gasteiger partial charge in [-0.15, -0.1) is 0 Å². The fourth-order valence-corrected chi connectivity index (χ4v) is 2.98. The zero-order valence-electron chi connectivity index (χ0n) is 12.7. The van der Waals surface area contributed by atoms with Gasteiger partial charge in [-0.2, -0.15) is 23.3 Å². The number of halogens is 4. The van der Waals surface area contributed by atoms with Crippen LogP contribution in [-0.2, 0) is 5.72 Å². The fourth-order valence-electron chi connectivity index (χ4n) is 2.58. The summed E-state index contributed by atoms with van der Waals surface area (Å²) < 4.78 is 40.0. The first kappa shape index (κ1) is 17.6. The Balaban J connectivity index is 2.09. The molecule has 0 spiro atoms. The van der Waals surface area contributed by atoms with Crippen molar-refractivity contribution in [1.29, 1.82) is 0 Å². The molecule has 2 aromatic rings. The molecule has 0 saturated heterocycles. The summed E-state index contributed by atoms with van der Waals surface area (Å²) in [4.78, 5) is 12.7. The third kappa shape index (κ3) is 3.32. The van der Waals surface area contributed by atoms with Crippen molar-refractivity contribution >= 4 is 27.5 Å². The molecule has 4 nitrogen and oxygen atoms in total. The Morgan fingerprint density at radius 3 is 2.44 bits per heavy atom. The zero-order valence-corrected chi connectivity index (χ0v) is 14.3. The van der Waals surface area contributed by atoms with E-state index in [9.17, 15) is 23.1 Å². The molecule has 1 aliphatic heterocycles. The number of nitrogens with zero attached hydrogens (tertiary/aromatic N) is 2. The Kier molecular flexibility index (Phi) is 4.42. The number of aliphatic hydroxyl groups is 1. The van der Waals surface area contributed by atoms with Crippen LogP contribution < -0.4 is 0 Å². The third-order valence-electron chi connectivity index (χ3n) is 3.81. The van der Waals surface area contributed by atoms with Crippen LogP contribution in [0.2, 0.25) is 0 Å². The molecule has 1 amide bonds. The van der Waals surface area contributed by atoms with Gasteiger partial charge in [-0.25, -0.2) is 0 Å². The Labute approximate surface area is 149 Å². The number of hydrogen-bond donors (Lipinski definition) is 1. The van der Waals surface area contributed by atoms with Crippen molar-refractivity contribution in [3.63, 3.8) is 0 Å². The van der Waals surface area contributed by atoms with Gasteiger partial charge in [-0.3, -0.25) is 4.79 Å². The van der Waals surface area contributed by atoms with Crippen LogP contribution in [-0.4, -0.2) is 27.9 Å². The molecule has 1 aliphatic rings. The molecule has 0 saturated carbocycles. The molecule has 3 rings (SSSR count). The first-order valence-electron chi connectivity index (χ1n) is 7.24. The van der Waals surface area contributed by atoms with Gasteiger partial charge in [0.05, 0.1) is 6.42 Å². The van der Waals surface area contributed by atoms with Crippen LogP contribution in [0.4, 0.5) is 13.2 Å². The summed E-state index contributed by atoms with van der Waals surface area (Å²) in [6, 6.07) is 13.9. The highest BCUT2D eigenvalue weighted by Gasteiger charge is 2.53. The summed E-state index contributed by atoms with van der Waals surface area (Å²) in [5.41, 5.74) is -3.17. The van der Waals surface area contributed by atoms with Crippen molar-refractivity contribution in [2.75, 3.05) is 0 Å². The van der Waals surface area contributed by atoms with Gasteiger partial charge in [0.1, 0.15) is 5.71 Å². The lowest BCUT2D eigenvalue weighted by atomic mass is 9.96. The van der Waals surface area contributed by atoms with Crippen molar-refractivity contribution in [2.45, 2.75) is 18.3 Å². The predicted octanol–water partition coefficient (Wildman–Crippen LogP) is 4.06. The van der Waals surface area contributed by atoms with Gasteiger partial charge in [-0.1, -0.05) is 46.3 Å². The smallest absolute Gasteiger partial charge is 0.365 e. The average molecular weight is 413 g/mol. The van der Waals surface area contributed by atoms with Crippen LogP contribution in [0.1, 0.15) is 22.3 Å². The molecular formula is C17H12BrF3N2O2. The maximum atomic E-state index is 13.1. The van der Waals surface area contributed by atoms with Gasteiger partial charge in [0.15, 0.2) is 5.72 Å². The van der Waals surface area contributed by atoms with E-state index in [-0.39, 0.29) is 11.1 Å². The molecule has 0 aliphatic carbocycles. The van der Waals surface area contributed by atoms with Crippen LogP contribution in [0.25, 0.3) is 0 Å². The molecule has 1 heterocycles. The quantitative estimate of drug-likeness (QED) is 0.808. The summed E-state index contributed by atoms with van der Waals surface area (Å²) in [6.45, 7) is 0. The number of rotatable bonds is 2. The molecule has 0 aromatic heterocycles. The normalized spacial score (nSPS) is 20.5. The van der Waals surface area contributed by atoms with Crippen molar-refractivity contribution in [3.05, 3.63) is 70.2 Å². The van der Waals surface area contributed by atoms with Crippen LogP contribution >= 0.6 is 15.9 Å². The molecule has 8 heteroatoms. The van der Waals surface area contributed by atoms with Crippen molar-refractivity contribution in [1.82, 2.24) is 5.01 Å². The molecule has 0 unspecified atom stereocenters. The number of carbonyl (C=O) groups is 1. The average Bonchev–Trinajstić information content (AvgIpc) is 2.94. The Morgan fingerprint density at radius 2 is 1.84 bits per heavy atom. The van der Waals surface area contributed by atoms with Gasteiger partial charge in [-0.05, 0) is 24.3 Å². The van der Waals surface area contributed by atoms with Crippen LogP contribution in [0.15, 0.2) is 64.2 Å². The minimum Gasteiger partial charge on any atom is -0.365 e. The molecule has 0 bridgehead atoms. The minimum absolute atomic E-state index is 0.128. The topological polar surface area (TPSA) is 52.9 Å². The highest BCUT2D eigenvalue weighted by molar-refractivity contribution is 9.10. The van der Waals surface area contributed by atoms with E-state index in [1.165, 1.54) is 24.3 Å². The van der Waals surface area contributed by atoms with Gasteiger partial charge in [0.25, 0.3) is 5.91 Å². The third-order valence-corrected chi connectivity index (χ3v) is 4.31. The lowest BCUT2D eigenvalue weighted by molar-refractivity contribution is -0.0816. The molecule has 1 N–H and O–H groups in total. The number of hydrogen-bond acceptors (Lipinski definition) is 3. The summed E-state index contributed by atoms with van der Waals surface area (Å²) in [6.07, 6.45) is -5.59. The minimum atomic E-state index is -4.74. The zero-order chi connectivity index (χ0) is 18.2. The van der Waals surface area contributed by atoms with Crippen molar-refractivity contribution in [3.8, 4) is 0 Å². The summed E-state index contributed by atoms with van der Waals surface area (Å²) in [5.74, 6) is -0.817. The largest absolute Gasteiger partial charge is 0.431 e. The number of benzene rings is 2. The highest BCUT2D eigenvalue weighted by Crippen LogP contribution is 2.40. The number of amides is 1. The van der Waals surface area contributed by atoms with Gasteiger partial charge in [0, 0.05) is 15.6 Å². The van der Waals surface area contributed by atoms with E-state index in [0.717, 1.165) is 0 Å². The molecule has 0 fully saturated rings. The van der Waals surface area contributed by atoms with E-state index in [4.69, 9.17) is 0 Å². The molecule has 0 radical (unpaired) electrons. The predicted molar refractivity (Wildman–Crippen MR) is 88.8 cm³/mol. The second-order valence-corrected chi connectivity index (χ2v) is 6.45. The molecule has 130 valence electrons. The highest BCUT2D eigenvalue weighted by atomic mass is 79.9. The maximum absolute atomic E-state index is 13.1. The van der Waals surface area contributed by atoms with Gasteiger partial charge < -0.3 is 5.11 Å². The van der Waals surface area contributed by atoms with Gasteiger partial charge >= 0.3 is 6.18 Å². The van der Waals surface area contributed by atoms with Crippen LogP contribution in [0.3, 0.4) is 0 Å². The first-order valence-corrected chi connectivity index (χ1v) is 8.04. The molecular weight excluding hydrogens is 401 g/mol. The van der Waals surface area contributed by atoms with E-state index < -0.39 is 29.9 Å². The molecule has 25 heavy (non-hydrogen) atoms. The van der Waals surface area contributed by atoms with Crippen LogP contribution in [0.5, 0.6) is 0 Å². The Morgan fingerprint density at radius 1 is 1.16 bits per heavy atom. The van der Waals surface area contributed by atoms with E-state index in [1.54, 1.807) is 30.3 Å². The summed E-state index contributed by atoms with van der Waals surface area (Å²) >= 11 is 3.22. The van der Waals surface area contributed by atoms with Gasteiger partial charge in [0.2, 0.25) is 0 Å². The number of carbonyl (C=O) groups excluding carboxylic acids is 1. The second kappa shape index (κ2) is 6.27. The summed E-state index contributed by atoms with van der Waals surface area (Å²) in [7, 11) is 0. The number of alkyl halides is 3. The first-order chi connectivity index (χ1) is 11.7. The van der Waals surface area contributed by atoms with E-state index in [2.05, 4.69) is 21.0 Å². The molecule has 1 atom stereocenters. The monoisotopic (exact) mass is 412 g/mol. The van der Waals surface area contributed by atoms with E-state index >= 15 is 0 Å². The number of hydrazone groups is 1. The van der Waals surface area contributed by atoms with E-state index in [1.807, 2.05) is 0 Å². The molecule has 2 aromatic carbocycles. The standard InChI is InChI=1S/C17H12BrF3N2O2/c18-13-8-4-7-12(9-13)16(25)10-14(17(19,20)21)22-23(16)15(24)11-5-2-1-3-6-11/h1-9,25H,10H2/t16-/m1/s1. The lowest BCUT2D eigenvalue weighted by Crippen LogP contribution is -2.43. The van der Waals surface area contributed by atoms with Crippen LogP contribution in [0, 0.1) is 0 Å². The SMILES string of the molecule is O=C(c1ccccc1)N1N=C(C(F)(F)F)C[C@@]1(O)c1cccc(Br)c1. The lowest BCUT2D eigenvalue weighted by Gasteiger charge is -2.31. The Hall–Kier alpha value is -2.19. The van der Waals surface area contributed by atoms with E-state index in [0.29, 0.717) is 9.48 Å².